The minimum Gasteiger partial charge on any atom is -0.310 e. The molecule has 75 heavy (non-hydrogen) atoms. The Labute approximate surface area is 438 Å². The third kappa shape index (κ3) is 6.56. The SMILES string of the molecule is c1ccc(-c2cc(-c3ccccc3)c3c4c(C5CCCCC5)ccc5c4n(c3c2)-c2cc(-c3ncccn3)cc3c2B5c2ccc(C4CCCCC4)c4c5c(-c6ccccc6)cc(-c6ccccc6)cc5n-3c24)cc1. The first kappa shape index (κ1) is 43.2. The average molecular weight is 963 g/mol. The molecule has 0 atom stereocenters. The normalized spacial score (nSPS) is 15.3. The van der Waals surface area contributed by atoms with Gasteiger partial charge in [-0.25, -0.2) is 9.97 Å². The second-order valence-corrected chi connectivity index (χ2v) is 22.0. The Bertz CT molecular complexity index is 3970. The molecule has 358 valence electrons. The summed E-state index contributed by atoms with van der Waals surface area (Å²) in [4.78, 5) is 10.1. The van der Waals surface area contributed by atoms with Crippen LogP contribution in [0.3, 0.4) is 0 Å². The fourth-order valence-electron chi connectivity index (χ4n) is 14.7. The molecule has 4 nitrogen and oxygen atoms in total. The molecule has 2 aliphatic heterocycles. The first-order valence-corrected chi connectivity index (χ1v) is 27.7. The minimum absolute atomic E-state index is 0.0114. The number of nitrogens with zero attached hydrogens (tertiary/aromatic N) is 4. The Hall–Kier alpha value is -8.28. The van der Waals surface area contributed by atoms with E-state index in [2.05, 4.69) is 191 Å². The molecular formula is C70H55BN4. The van der Waals surface area contributed by atoms with Crippen LogP contribution >= 0.6 is 0 Å². The van der Waals surface area contributed by atoms with E-state index in [-0.39, 0.29) is 6.71 Å². The van der Waals surface area contributed by atoms with Crippen LogP contribution in [0.1, 0.15) is 87.2 Å². The zero-order valence-electron chi connectivity index (χ0n) is 42.1. The molecule has 12 aromatic rings. The van der Waals surface area contributed by atoms with Crippen LogP contribution in [0.5, 0.6) is 0 Å². The summed E-state index contributed by atoms with van der Waals surface area (Å²) in [5.74, 6) is 1.73. The third-order valence-corrected chi connectivity index (χ3v) is 18.0. The highest BCUT2D eigenvalue weighted by Gasteiger charge is 2.43. The van der Waals surface area contributed by atoms with Gasteiger partial charge in [-0.2, -0.15) is 0 Å². The Morgan fingerprint density at radius 3 is 1.20 bits per heavy atom. The molecule has 16 rings (SSSR count). The van der Waals surface area contributed by atoms with E-state index in [1.165, 1.54) is 191 Å². The Balaban J connectivity index is 1.11. The van der Waals surface area contributed by atoms with Gasteiger partial charge >= 0.3 is 0 Å². The zero-order valence-corrected chi connectivity index (χ0v) is 42.1. The fourth-order valence-corrected chi connectivity index (χ4v) is 14.7. The number of hydrogen-bond donors (Lipinski definition) is 0. The monoisotopic (exact) mass is 962 g/mol. The lowest BCUT2D eigenvalue weighted by atomic mass is 9.34. The molecule has 2 saturated carbocycles. The second-order valence-electron chi connectivity index (χ2n) is 22.0. The largest absolute Gasteiger partial charge is 0.310 e. The molecular weight excluding hydrogens is 908 g/mol. The Kier molecular flexibility index (Phi) is 9.87. The molecule has 5 heteroatoms. The van der Waals surface area contributed by atoms with Crippen molar-refractivity contribution in [1.82, 2.24) is 19.1 Å². The van der Waals surface area contributed by atoms with Crippen molar-refractivity contribution in [2.24, 2.45) is 0 Å². The van der Waals surface area contributed by atoms with Crippen LogP contribution in [0.25, 0.3) is 111 Å². The van der Waals surface area contributed by atoms with Crippen LogP contribution < -0.4 is 16.4 Å². The lowest BCUT2D eigenvalue weighted by Gasteiger charge is -2.35. The van der Waals surface area contributed by atoms with Crippen molar-refractivity contribution in [3.05, 3.63) is 212 Å². The van der Waals surface area contributed by atoms with Gasteiger partial charge in [0, 0.05) is 61.9 Å². The standard InChI is InChI=1S/C70H55BN4/c1-7-20-44(21-8-1)50-38-55(48-28-15-5-16-29-48)63-59(40-50)74-61-42-52(70-72-36-19-37-73-70)43-62-67(61)71(57-34-32-53(65(63)68(57)74)46-24-11-3-12-25-46)58-35-33-54(47-26-13-4-14-27-47)66-64-56(49-30-17-6-18-31-49)39-51(45-22-9-2-10-23-45)41-60(64)75(62)69(58)66/h1-2,5-10,15-23,28-43,46-47H,3-4,11-14,24-27H2. The van der Waals surface area contributed by atoms with E-state index in [1.807, 2.05) is 18.5 Å². The topological polar surface area (TPSA) is 35.6 Å². The van der Waals surface area contributed by atoms with Gasteiger partial charge < -0.3 is 9.13 Å². The molecule has 0 saturated heterocycles. The van der Waals surface area contributed by atoms with E-state index in [1.54, 1.807) is 0 Å². The highest BCUT2D eigenvalue weighted by atomic mass is 15.0. The summed E-state index contributed by atoms with van der Waals surface area (Å²) in [6, 6.07) is 71.6. The van der Waals surface area contributed by atoms with Crippen LogP contribution in [-0.4, -0.2) is 25.8 Å². The van der Waals surface area contributed by atoms with E-state index < -0.39 is 0 Å². The third-order valence-electron chi connectivity index (χ3n) is 18.0. The van der Waals surface area contributed by atoms with E-state index in [0.717, 1.165) is 11.4 Å². The summed E-state index contributed by atoms with van der Waals surface area (Å²) in [7, 11) is 0. The van der Waals surface area contributed by atoms with Gasteiger partial charge in [0.05, 0.1) is 11.0 Å². The van der Waals surface area contributed by atoms with Gasteiger partial charge in [-0.3, -0.25) is 0 Å². The van der Waals surface area contributed by atoms with Crippen molar-refractivity contribution < 1.29 is 0 Å². The molecule has 0 bridgehead atoms. The van der Waals surface area contributed by atoms with E-state index in [9.17, 15) is 0 Å². The molecule has 2 fully saturated rings. The summed E-state index contributed by atoms with van der Waals surface area (Å²) >= 11 is 0. The summed E-state index contributed by atoms with van der Waals surface area (Å²) in [5.41, 5.74) is 25.8. The molecule has 0 amide bonds. The number of fused-ring (bicyclic) bond motifs is 10. The lowest BCUT2D eigenvalue weighted by Crippen LogP contribution is -2.59. The van der Waals surface area contributed by atoms with Crippen LogP contribution in [0.15, 0.2) is 200 Å². The smallest absolute Gasteiger partial charge is 0.252 e. The van der Waals surface area contributed by atoms with Gasteiger partial charge in [0.15, 0.2) is 5.82 Å². The highest BCUT2D eigenvalue weighted by molar-refractivity contribution is 7.00. The maximum Gasteiger partial charge on any atom is 0.252 e. The minimum atomic E-state index is -0.0114. The Morgan fingerprint density at radius 1 is 0.360 bits per heavy atom. The van der Waals surface area contributed by atoms with Crippen molar-refractivity contribution >= 4 is 66.7 Å². The molecule has 4 aliphatic rings. The van der Waals surface area contributed by atoms with Crippen molar-refractivity contribution in [3.63, 3.8) is 0 Å². The summed E-state index contributed by atoms with van der Waals surface area (Å²) in [6.45, 7) is -0.0114. The Morgan fingerprint density at radius 2 is 0.773 bits per heavy atom. The summed E-state index contributed by atoms with van der Waals surface area (Å²) in [6.07, 6.45) is 16.4. The molecule has 0 N–H and O–H groups in total. The number of hydrogen-bond acceptors (Lipinski definition) is 2. The zero-order chi connectivity index (χ0) is 49.1. The van der Waals surface area contributed by atoms with Crippen molar-refractivity contribution in [3.8, 4) is 67.3 Å². The molecule has 0 unspecified atom stereocenters. The van der Waals surface area contributed by atoms with Gasteiger partial charge in [-0.1, -0.05) is 184 Å². The van der Waals surface area contributed by atoms with Gasteiger partial charge in [0.1, 0.15) is 0 Å². The number of rotatable bonds is 7. The second kappa shape index (κ2) is 17.1. The van der Waals surface area contributed by atoms with Gasteiger partial charge in [-0.15, -0.1) is 0 Å². The predicted molar refractivity (Wildman–Crippen MR) is 314 cm³/mol. The van der Waals surface area contributed by atoms with Crippen molar-refractivity contribution in [2.75, 3.05) is 0 Å². The number of aromatic nitrogens is 4. The maximum absolute atomic E-state index is 5.03. The molecule has 3 aromatic heterocycles. The van der Waals surface area contributed by atoms with E-state index in [0.29, 0.717) is 11.8 Å². The summed E-state index contributed by atoms with van der Waals surface area (Å²) in [5, 5.41) is 5.58. The van der Waals surface area contributed by atoms with Crippen molar-refractivity contribution in [1.29, 1.82) is 0 Å². The maximum atomic E-state index is 5.03. The first-order valence-electron chi connectivity index (χ1n) is 27.7. The first-order chi connectivity index (χ1) is 37.2. The van der Waals surface area contributed by atoms with E-state index in [4.69, 9.17) is 9.97 Å². The molecule has 0 radical (unpaired) electrons. The number of benzene rings is 9. The molecule has 5 heterocycles. The molecule has 0 spiro atoms. The quantitative estimate of drug-likeness (QED) is 0.149. The summed E-state index contributed by atoms with van der Waals surface area (Å²) < 4.78 is 5.42. The van der Waals surface area contributed by atoms with Crippen LogP contribution in [-0.2, 0) is 0 Å². The lowest BCUT2D eigenvalue weighted by molar-refractivity contribution is 0.445. The molecule has 9 aromatic carbocycles. The predicted octanol–water partition coefficient (Wildman–Crippen LogP) is 16.2. The van der Waals surface area contributed by atoms with Gasteiger partial charge in [0.2, 0.25) is 0 Å². The van der Waals surface area contributed by atoms with Gasteiger partial charge in [0.25, 0.3) is 6.71 Å². The van der Waals surface area contributed by atoms with Crippen LogP contribution in [0.2, 0.25) is 0 Å². The van der Waals surface area contributed by atoms with Crippen molar-refractivity contribution in [2.45, 2.75) is 76.0 Å². The van der Waals surface area contributed by atoms with E-state index >= 15 is 0 Å². The van der Waals surface area contributed by atoms with Gasteiger partial charge in [-0.05, 0) is 152 Å². The van der Waals surface area contributed by atoms with Crippen LogP contribution in [0.4, 0.5) is 0 Å². The fraction of sp³-hybridized carbons (Fsp3) is 0.171. The highest BCUT2D eigenvalue weighted by Crippen LogP contribution is 2.51. The molecule has 2 aliphatic carbocycles. The van der Waals surface area contributed by atoms with Crippen LogP contribution in [0, 0.1) is 0 Å². The average Bonchev–Trinajstić information content (AvgIpc) is 4.04.